The van der Waals surface area contributed by atoms with E-state index >= 15 is 0 Å². The molecule has 1 atom stereocenters. The molecular weight excluding hydrogens is 302 g/mol. The molecular formula is C16H32ClN3O2. The van der Waals surface area contributed by atoms with Gasteiger partial charge in [-0.25, -0.2) is 0 Å². The third-order valence-corrected chi connectivity index (χ3v) is 4.51. The normalized spacial score (nSPS) is 18.6. The van der Waals surface area contributed by atoms with Gasteiger partial charge in [0, 0.05) is 32.1 Å². The minimum Gasteiger partial charge on any atom is -0.343 e. The van der Waals surface area contributed by atoms with E-state index in [4.69, 9.17) is 5.73 Å². The van der Waals surface area contributed by atoms with Crippen molar-refractivity contribution in [2.45, 2.75) is 65.0 Å². The first-order chi connectivity index (χ1) is 9.70. The van der Waals surface area contributed by atoms with Crippen LogP contribution >= 0.6 is 12.4 Å². The second-order valence-electron chi connectivity index (χ2n) is 6.78. The molecule has 0 spiro atoms. The van der Waals surface area contributed by atoms with Crippen molar-refractivity contribution in [1.29, 1.82) is 0 Å². The summed E-state index contributed by atoms with van der Waals surface area (Å²) in [6, 6.07) is 0.217. The van der Waals surface area contributed by atoms with Crippen LogP contribution in [0.3, 0.4) is 0 Å². The van der Waals surface area contributed by atoms with E-state index in [-0.39, 0.29) is 36.2 Å². The van der Waals surface area contributed by atoms with Crippen LogP contribution in [0, 0.1) is 5.92 Å². The van der Waals surface area contributed by atoms with Crippen LogP contribution in [0.25, 0.3) is 0 Å². The number of hydrogen-bond donors (Lipinski definition) is 1. The lowest BCUT2D eigenvalue weighted by Crippen LogP contribution is -2.55. The molecule has 0 saturated carbocycles. The van der Waals surface area contributed by atoms with Gasteiger partial charge in [-0.05, 0) is 40.0 Å². The highest BCUT2D eigenvalue weighted by atomic mass is 35.5. The Morgan fingerprint density at radius 2 is 1.82 bits per heavy atom. The van der Waals surface area contributed by atoms with Gasteiger partial charge in [0.2, 0.25) is 11.8 Å². The molecule has 6 heteroatoms. The molecule has 0 radical (unpaired) electrons. The Bertz CT molecular complexity index is 378. The summed E-state index contributed by atoms with van der Waals surface area (Å²) in [5, 5.41) is 0. The lowest BCUT2D eigenvalue weighted by Gasteiger charge is -2.37. The quantitative estimate of drug-likeness (QED) is 0.837. The Balaban J connectivity index is 0.00000441. The summed E-state index contributed by atoms with van der Waals surface area (Å²) in [6.45, 7) is 9.14. The van der Waals surface area contributed by atoms with E-state index in [2.05, 4.69) is 0 Å². The lowest BCUT2D eigenvalue weighted by atomic mass is 9.91. The Hall–Kier alpha value is -0.810. The van der Waals surface area contributed by atoms with E-state index in [0.717, 1.165) is 19.3 Å². The van der Waals surface area contributed by atoms with Crippen molar-refractivity contribution in [3.8, 4) is 0 Å². The average molecular weight is 334 g/mol. The predicted octanol–water partition coefficient (Wildman–Crippen LogP) is 2.03. The summed E-state index contributed by atoms with van der Waals surface area (Å²) >= 11 is 0. The van der Waals surface area contributed by atoms with Gasteiger partial charge in [-0.2, -0.15) is 0 Å². The van der Waals surface area contributed by atoms with Crippen molar-refractivity contribution < 1.29 is 9.59 Å². The number of carbonyl (C=O) groups is 2. The van der Waals surface area contributed by atoms with Crippen LogP contribution in [0.4, 0.5) is 0 Å². The van der Waals surface area contributed by atoms with Gasteiger partial charge in [0.1, 0.15) is 0 Å². The molecule has 22 heavy (non-hydrogen) atoms. The fourth-order valence-electron chi connectivity index (χ4n) is 2.86. The number of hydrogen-bond acceptors (Lipinski definition) is 3. The number of carbonyl (C=O) groups excluding carboxylic acids is 2. The number of amides is 2. The van der Waals surface area contributed by atoms with Gasteiger partial charge in [-0.3, -0.25) is 9.59 Å². The number of halogens is 1. The third kappa shape index (κ3) is 5.13. The number of rotatable bonds is 5. The Labute approximate surface area is 141 Å². The molecule has 0 aliphatic carbocycles. The molecule has 1 fully saturated rings. The van der Waals surface area contributed by atoms with Gasteiger partial charge in [0.25, 0.3) is 0 Å². The zero-order valence-electron chi connectivity index (χ0n) is 14.6. The van der Waals surface area contributed by atoms with Crippen LogP contribution in [0.5, 0.6) is 0 Å². The molecule has 130 valence electrons. The van der Waals surface area contributed by atoms with Crippen molar-refractivity contribution in [1.82, 2.24) is 9.80 Å². The molecule has 1 rings (SSSR count). The second-order valence-corrected chi connectivity index (χ2v) is 6.78. The SMILES string of the molecule is CCCC(C)(N)C(=O)N1CCC(C(=O)N(C)C(C)C)CC1.Cl. The number of likely N-dealkylation sites (tertiary alicyclic amines) is 1. The van der Waals surface area contributed by atoms with Gasteiger partial charge in [-0.1, -0.05) is 13.3 Å². The molecule has 2 amide bonds. The zero-order chi connectivity index (χ0) is 16.2. The predicted molar refractivity (Wildman–Crippen MR) is 92.0 cm³/mol. The molecule has 1 unspecified atom stereocenters. The van der Waals surface area contributed by atoms with Crippen molar-refractivity contribution in [3.05, 3.63) is 0 Å². The Morgan fingerprint density at radius 3 is 2.23 bits per heavy atom. The number of nitrogens with two attached hydrogens (primary N) is 1. The van der Waals surface area contributed by atoms with Crippen LogP contribution in [-0.4, -0.2) is 53.3 Å². The number of piperidine rings is 1. The van der Waals surface area contributed by atoms with Gasteiger partial charge in [-0.15, -0.1) is 12.4 Å². The molecule has 0 bridgehead atoms. The minimum absolute atomic E-state index is 0. The van der Waals surface area contributed by atoms with Crippen LogP contribution in [0.2, 0.25) is 0 Å². The van der Waals surface area contributed by atoms with E-state index < -0.39 is 5.54 Å². The Kier molecular flexibility index (Phi) is 8.40. The first-order valence-electron chi connectivity index (χ1n) is 8.05. The molecule has 0 aromatic heterocycles. The second kappa shape index (κ2) is 8.73. The highest BCUT2D eigenvalue weighted by molar-refractivity contribution is 5.86. The molecule has 1 aliphatic heterocycles. The standard InChI is InChI=1S/C16H31N3O2.ClH/c1-6-9-16(4,17)15(21)19-10-7-13(8-11-19)14(20)18(5)12(2)3;/h12-13H,6-11,17H2,1-5H3;1H. The first kappa shape index (κ1) is 21.2. The molecule has 1 saturated heterocycles. The third-order valence-electron chi connectivity index (χ3n) is 4.51. The molecule has 0 aromatic rings. The van der Waals surface area contributed by atoms with Crippen LogP contribution in [-0.2, 0) is 9.59 Å². The van der Waals surface area contributed by atoms with Gasteiger partial charge in [0.05, 0.1) is 5.54 Å². The van der Waals surface area contributed by atoms with E-state index in [1.54, 1.807) is 4.90 Å². The van der Waals surface area contributed by atoms with Gasteiger partial charge < -0.3 is 15.5 Å². The van der Waals surface area contributed by atoms with E-state index in [0.29, 0.717) is 19.5 Å². The lowest BCUT2D eigenvalue weighted by molar-refractivity contribution is -0.143. The molecule has 1 heterocycles. The van der Waals surface area contributed by atoms with E-state index in [1.807, 2.05) is 39.6 Å². The Morgan fingerprint density at radius 1 is 1.32 bits per heavy atom. The van der Waals surface area contributed by atoms with Crippen LogP contribution in [0.1, 0.15) is 53.4 Å². The molecule has 1 aliphatic rings. The summed E-state index contributed by atoms with van der Waals surface area (Å²) in [4.78, 5) is 28.4. The molecule has 2 N–H and O–H groups in total. The maximum atomic E-state index is 12.4. The smallest absolute Gasteiger partial charge is 0.242 e. The first-order valence-corrected chi connectivity index (χ1v) is 8.05. The number of nitrogens with zero attached hydrogens (tertiary/aromatic N) is 2. The van der Waals surface area contributed by atoms with E-state index in [1.165, 1.54) is 0 Å². The minimum atomic E-state index is -0.777. The van der Waals surface area contributed by atoms with Gasteiger partial charge >= 0.3 is 0 Å². The van der Waals surface area contributed by atoms with Crippen molar-refractivity contribution in [2.24, 2.45) is 11.7 Å². The largest absolute Gasteiger partial charge is 0.343 e. The maximum absolute atomic E-state index is 12.4. The maximum Gasteiger partial charge on any atom is 0.242 e. The summed E-state index contributed by atoms with van der Waals surface area (Å²) in [7, 11) is 1.85. The van der Waals surface area contributed by atoms with Crippen LogP contribution in [0.15, 0.2) is 0 Å². The monoisotopic (exact) mass is 333 g/mol. The fourth-order valence-corrected chi connectivity index (χ4v) is 2.86. The summed E-state index contributed by atoms with van der Waals surface area (Å²) in [6.07, 6.45) is 3.07. The van der Waals surface area contributed by atoms with Crippen molar-refractivity contribution in [3.63, 3.8) is 0 Å². The highest BCUT2D eigenvalue weighted by Gasteiger charge is 2.35. The summed E-state index contributed by atoms with van der Waals surface area (Å²) in [5.41, 5.74) is 5.34. The molecule has 0 aromatic carbocycles. The van der Waals surface area contributed by atoms with E-state index in [9.17, 15) is 9.59 Å². The van der Waals surface area contributed by atoms with Gasteiger partial charge in [0.15, 0.2) is 0 Å². The highest BCUT2D eigenvalue weighted by Crippen LogP contribution is 2.23. The topological polar surface area (TPSA) is 66.6 Å². The summed E-state index contributed by atoms with van der Waals surface area (Å²) < 4.78 is 0. The van der Waals surface area contributed by atoms with Crippen LogP contribution < -0.4 is 5.73 Å². The average Bonchev–Trinajstić information content (AvgIpc) is 2.45. The zero-order valence-corrected chi connectivity index (χ0v) is 15.4. The molecule has 5 nitrogen and oxygen atoms in total. The fraction of sp³-hybridized carbons (Fsp3) is 0.875. The van der Waals surface area contributed by atoms with Crippen molar-refractivity contribution >= 4 is 24.2 Å². The van der Waals surface area contributed by atoms with Crippen molar-refractivity contribution in [2.75, 3.05) is 20.1 Å². The summed E-state index contributed by atoms with van der Waals surface area (Å²) in [5.74, 6) is 0.255.